The molecule has 0 aliphatic rings. The van der Waals surface area contributed by atoms with E-state index in [0.717, 1.165) is 45.0 Å². The van der Waals surface area contributed by atoms with Crippen LogP contribution < -0.4 is 4.90 Å². The van der Waals surface area contributed by atoms with E-state index in [0.29, 0.717) is 6.54 Å². The van der Waals surface area contributed by atoms with Crippen LogP contribution in [0.4, 0.5) is 17.1 Å². The van der Waals surface area contributed by atoms with Gasteiger partial charge < -0.3 is 9.47 Å². The third-order valence-corrected chi connectivity index (χ3v) is 8.59. The number of rotatable bonds is 7. The summed E-state index contributed by atoms with van der Waals surface area (Å²) in [6.45, 7) is 4.64. The van der Waals surface area contributed by atoms with Crippen molar-refractivity contribution in [3.63, 3.8) is 0 Å². The van der Waals surface area contributed by atoms with E-state index < -0.39 is 0 Å². The van der Waals surface area contributed by atoms with Gasteiger partial charge in [-0.2, -0.15) is 0 Å². The van der Waals surface area contributed by atoms with Crippen molar-refractivity contribution in [2.24, 2.45) is 0 Å². The average Bonchev–Trinajstić information content (AvgIpc) is 3.49. The molecule has 0 atom stereocenters. The molecule has 0 saturated heterocycles. The predicted molar refractivity (Wildman–Crippen MR) is 190 cm³/mol. The Balaban J connectivity index is 1.33. The number of hydrogen-bond donors (Lipinski definition) is 0. The van der Waals surface area contributed by atoms with Crippen molar-refractivity contribution in [2.45, 2.75) is 6.54 Å². The second-order valence-electron chi connectivity index (χ2n) is 11.3. The van der Waals surface area contributed by atoms with Crippen LogP contribution in [0.3, 0.4) is 0 Å². The average molecular weight is 578 g/mol. The van der Waals surface area contributed by atoms with Gasteiger partial charge in [0.15, 0.2) is 0 Å². The molecule has 8 rings (SSSR count). The summed E-state index contributed by atoms with van der Waals surface area (Å²) in [6.07, 6.45) is 1.89. The van der Waals surface area contributed by atoms with E-state index in [1.807, 2.05) is 6.08 Å². The molecule has 0 N–H and O–H groups in total. The lowest BCUT2D eigenvalue weighted by Gasteiger charge is -2.25. The highest BCUT2D eigenvalue weighted by Crippen LogP contribution is 2.39. The molecule has 0 amide bonds. The maximum Gasteiger partial charge on any atom is 0.141 e. The van der Waals surface area contributed by atoms with Crippen LogP contribution in [0.5, 0.6) is 0 Å². The molecule has 0 fully saturated rings. The summed E-state index contributed by atoms with van der Waals surface area (Å²) in [6, 6.07) is 55.8. The van der Waals surface area contributed by atoms with E-state index in [-0.39, 0.29) is 0 Å². The molecule has 45 heavy (non-hydrogen) atoms. The fourth-order valence-electron chi connectivity index (χ4n) is 6.44. The fourth-order valence-corrected chi connectivity index (χ4v) is 6.44. The van der Waals surface area contributed by atoms with Crippen molar-refractivity contribution in [3.8, 4) is 11.4 Å². The van der Waals surface area contributed by atoms with Crippen LogP contribution >= 0.6 is 0 Å². The van der Waals surface area contributed by atoms with Crippen LogP contribution in [0.15, 0.2) is 164 Å². The van der Waals surface area contributed by atoms with Gasteiger partial charge in [0.25, 0.3) is 0 Å². The van der Waals surface area contributed by atoms with E-state index in [2.05, 4.69) is 174 Å². The summed E-state index contributed by atoms with van der Waals surface area (Å²) in [5.74, 6) is 0.955. The van der Waals surface area contributed by atoms with E-state index in [4.69, 9.17) is 4.98 Å². The summed E-state index contributed by atoms with van der Waals surface area (Å²) in [5, 5.41) is 4.85. The zero-order valence-corrected chi connectivity index (χ0v) is 24.8. The number of fused-ring (bicyclic) bond motifs is 6. The summed E-state index contributed by atoms with van der Waals surface area (Å²) in [4.78, 5) is 7.70. The summed E-state index contributed by atoms with van der Waals surface area (Å²) in [5.41, 5.74) is 8.92. The van der Waals surface area contributed by atoms with Crippen molar-refractivity contribution in [1.29, 1.82) is 0 Å². The first kappa shape index (κ1) is 26.7. The van der Waals surface area contributed by atoms with Gasteiger partial charge in [0.2, 0.25) is 0 Å². The van der Waals surface area contributed by atoms with Crippen molar-refractivity contribution in [2.75, 3.05) is 4.90 Å². The Labute approximate surface area is 263 Å². The molecule has 214 valence electrons. The lowest BCUT2D eigenvalue weighted by molar-refractivity contribution is 0.836. The van der Waals surface area contributed by atoms with Crippen LogP contribution in [-0.2, 0) is 6.54 Å². The summed E-state index contributed by atoms with van der Waals surface area (Å²) in [7, 11) is 0. The topological polar surface area (TPSA) is 21.1 Å². The van der Waals surface area contributed by atoms with Gasteiger partial charge in [0.05, 0.1) is 11.0 Å². The molecule has 3 heteroatoms. The molecule has 3 nitrogen and oxygen atoms in total. The molecule has 0 aliphatic heterocycles. The minimum absolute atomic E-state index is 0.702. The Morgan fingerprint density at radius 2 is 1.04 bits per heavy atom. The second-order valence-corrected chi connectivity index (χ2v) is 11.3. The third kappa shape index (κ3) is 4.75. The number of imidazole rings is 1. The Hall–Kier alpha value is -5.93. The first-order valence-corrected chi connectivity index (χ1v) is 15.3. The molecular formula is C42H31N3. The third-order valence-electron chi connectivity index (χ3n) is 8.59. The lowest BCUT2D eigenvalue weighted by atomic mass is 10.00. The van der Waals surface area contributed by atoms with Gasteiger partial charge in [-0.1, -0.05) is 122 Å². The Morgan fingerprint density at radius 3 is 1.64 bits per heavy atom. The Morgan fingerprint density at radius 1 is 0.533 bits per heavy atom. The standard InChI is InChI=1S/C42H31N3/c1-2-30-21-23-31(24-22-30)29-44-41-39-20-12-10-18-37(39)36-17-9-11-19-38(36)40(41)43-42(44)32-25-27-35(28-26-32)45(33-13-5-3-6-14-33)34-15-7-4-8-16-34/h2-28H,1,29H2. The van der Waals surface area contributed by atoms with Gasteiger partial charge in [0.1, 0.15) is 5.82 Å². The normalized spacial score (nSPS) is 11.3. The lowest BCUT2D eigenvalue weighted by Crippen LogP contribution is -2.09. The molecule has 0 bridgehead atoms. The van der Waals surface area contributed by atoms with Gasteiger partial charge >= 0.3 is 0 Å². The van der Waals surface area contributed by atoms with Gasteiger partial charge in [0, 0.05) is 39.9 Å². The number of benzene rings is 7. The van der Waals surface area contributed by atoms with E-state index in [1.165, 1.54) is 27.1 Å². The highest BCUT2D eigenvalue weighted by atomic mass is 15.1. The van der Waals surface area contributed by atoms with Crippen molar-refractivity contribution in [3.05, 3.63) is 175 Å². The van der Waals surface area contributed by atoms with Crippen molar-refractivity contribution in [1.82, 2.24) is 9.55 Å². The van der Waals surface area contributed by atoms with E-state index in [1.54, 1.807) is 0 Å². The van der Waals surface area contributed by atoms with Crippen LogP contribution in [0.1, 0.15) is 11.1 Å². The minimum atomic E-state index is 0.702. The van der Waals surface area contributed by atoms with Gasteiger partial charge in [-0.05, 0) is 70.4 Å². The van der Waals surface area contributed by atoms with E-state index in [9.17, 15) is 0 Å². The highest BCUT2D eigenvalue weighted by Gasteiger charge is 2.20. The first-order chi connectivity index (χ1) is 22.3. The largest absolute Gasteiger partial charge is 0.319 e. The van der Waals surface area contributed by atoms with Gasteiger partial charge in [-0.15, -0.1) is 0 Å². The van der Waals surface area contributed by atoms with Crippen LogP contribution in [0.2, 0.25) is 0 Å². The monoisotopic (exact) mass is 577 g/mol. The molecule has 8 aromatic rings. The van der Waals surface area contributed by atoms with Crippen LogP contribution in [0, 0.1) is 0 Å². The fraction of sp³-hybridized carbons (Fsp3) is 0.0238. The predicted octanol–water partition coefficient (Wildman–Crippen LogP) is 11.2. The number of aromatic nitrogens is 2. The minimum Gasteiger partial charge on any atom is -0.319 e. The number of para-hydroxylation sites is 2. The molecule has 1 heterocycles. The van der Waals surface area contributed by atoms with Crippen LogP contribution in [0.25, 0.3) is 50.0 Å². The molecular weight excluding hydrogens is 546 g/mol. The first-order valence-electron chi connectivity index (χ1n) is 15.3. The van der Waals surface area contributed by atoms with E-state index >= 15 is 0 Å². The number of hydrogen-bond acceptors (Lipinski definition) is 2. The van der Waals surface area contributed by atoms with Crippen LogP contribution in [-0.4, -0.2) is 9.55 Å². The number of anilines is 3. The zero-order chi connectivity index (χ0) is 30.2. The number of nitrogens with zero attached hydrogens (tertiary/aromatic N) is 3. The molecule has 0 radical (unpaired) electrons. The van der Waals surface area contributed by atoms with Gasteiger partial charge in [-0.3, -0.25) is 0 Å². The quantitative estimate of drug-likeness (QED) is 0.176. The molecule has 0 unspecified atom stereocenters. The van der Waals surface area contributed by atoms with Crippen molar-refractivity contribution < 1.29 is 0 Å². The molecule has 0 saturated carbocycles. The molecule has 0 spiro atoms. The highest BCUT2D eigenvalue weighted by molar-refractivity contribution is 6.23. The Bertz CT molecular complexity index is 2240. The molecule has 7 aromatic carbocycles. The maximum atomic E-state index is 5.42. The summed E-state index contributed by atoms with van der Waals surface area (Å²) >= 11 is 0. The smallest absolute Gasteiger partial charge is 0.141 e. The Kier molecular flexibility index (Phi) is 6.69. The zero-order valence-electron chi connectivity index (χ0n) is 24.8. The van der Waals surface area contributed by atoms with Gasteiger partial charge in [-0.25, -0.2) is 4.98 Å². The van der Waals surface area contributed by atoms with Crippen molar-refractivity contribution >= 4 is 55.7 Å². The summed E-state index contributed by atoms with van der Waals surface area (Å²) < 4.78 is 2.40. The SMILES string of the molecule is C=Cc1ccc(Cn2c(-c3ccc(N(c4ccccc4)c4ccccc4)cc3)nc3c4ccccc4c4ccccc4c32)cc1. The molecule has 1 aromatic heterocycles. The second kappa shape index (κ2) is 11.3. The molecule has 0 aliphatic carbocycles. The maximum absolute atomic E-state index is 5.42.